The van der Waals surface area contributed by atoms with Crippen LogP contribution in [0.3, 0.4) is 0 Å². The molecular weight excluding hydrogens is 353 g/mol. The number of benzene rings is 2. The summed E-state index contributed by atoms with van der Waals surface area (Å²) in [6, 6.07) is 8.36. The van der Waals surface area contributed by atoms with Gasteiger partial charge in [0.2, 0.25) is 6.79 Å². The molecule has 1 unspecified atom stereocenters. The number of nitrogens with one attached hydrogen (secondary N) is 1. The van der Waals surface area contributed by atoms with Gasteiger partial charge in [-0.2, -0.15) is 0 Å². The van der Waals surface area contributed by atoms with E-state index in [9.17, 15) is 4.79 Å². The lowest BCUT2D eigenvalue weighted by molar-refractivity contribution is 0.0939. The molecule has 1 amide bonds. The third kappa shape index (κ3) is 3.23. The number of amides is 1. The Hall–Kier alpha value is -2.11. The topological polar surface area (TPSA) is 56.8 Å². The van der Waals surface area contributed by atoms with Gasteiger partial charge in [-0.3, -0.25) is 4.79 Å². The second-order valence-corrected chi connectivity index (χ2v) is 6.10. The molecule has 1 N–H and O–H groups in total. The van der Waals surface area contributed by atoms with E-state index in [1.807, 2.05) is 25.1 Å². The third-order valence-electron chi connectivity index (χ3n) is 3.71. The lowest BCUT2D eigenvalue weighted by atomic mass is 10.1. The van der Waals surface area contributed by atoms with Crippen LogP contribution in [0.15, 0.2) is 30.3 Å². The Morgan fingerprint density at radius 2 is 1.83 bits per heavy atom. The molecule has 0 radical (unpaired) electrons. The van der Waals surface area contributed by atoms with Crippen LogP contribution in [-0.4, -0.2) is 19.8 Å². The number of fused-ring (bicyclic) bond motifs is 1. The van der Waals surface area contributed by atoms with Gasteiger partial charge in [-0.15, -0.1) is 0 Å². The van der Waals surface area contributed by atoms with Crippen LogP contribution in [0.5, 0.6) is 17.2 Å². The first-order chi connectivity index (χ1) is 11.5. The molecule has 0 saturated carbocycles. The molecule has 0 aliphatic carbocycles. The fourth-order valence-corrected chi connectivity index (χ4v) is 3.07. The Kier molecular flexibility index (Phi) is 4.73. The summed E-state index contributed by atoms with van der Waals surface area (Å²) in [5.41, 5.74) is 1.26. The van der Waals surface area contributed by atoms with Gasteiger partial charge in [-0.25, -0.2) is 0 Å². The lowest BCUT2D eigenvalue weighted by Gasteiger charge is -2.16. The van der Waals surface area contributed by atoms with E-state index in [0.717, 1.165) is 5.56 Å². The Morgan fingerprint density at radius 1 is 1.17 bits per heavy atom. The van der Waals surface area contributed by atoms with E-state index in [4.69, 9.17) is 37.4 Å². The van der Waals surface area contributed by atoms with Crippen molar-refractivity contribution in [2.45, 2.75) is 13.0 Å². The second kappa shape index (κ2) is 6.79. The zero-order valence-electron chi connectivity index (χ0n) is 13.1. The summed E-state index contributed by atoms with van der Waals surface area (Å²) in [4.78, 5) is 12.4. The zero-order valence-corrected chi connectivity index (χ0v) is 14.6. The maximum Gasteiger partial charge on any atom is 0.251 e. The Labute approximate surface area is 149 Å². The van der Waals surface area contributed by atoms with E-state index < -0.39 is 0 Å². The molecule has 5 nitrogen and oxygen atoms in total. The van der Waals surface area contributed by atoms with Crippen molar-refractivity contribution < 1.29 is 19.0 Å². The minimum absolute atomic E-state index is 0.211. The number of hydrogen-bond donors (Lipinski definition) is 1. The predicted octanol–water partition coefficient (Wildman–Crippen LogP) is 4.22. The standard InChI is InChI=1S/C17H15Cl2NO4/c1-9(10-3-4-14-15(7-10)24-8-23-14)20-17(21)11-5-12(18)16(22-2)13(19)6-11/h3-7,9H,8H2,1-2H3,(H,20,21). The molecule has 1 aliphatic rings. The van der Waals surface area contributed by atoms with Crippen molar-refractivity contribution in [3.8, 4) is 17.2 Å². The van der Waals surface area contributed by atoms with E-state index in [1.54, 1.807) is 0 Å². The maximum atomic E-state index is 12.4. The molecule has 2 aromatic carbocycles. The molecule has 1 atom stereocenters. The molecule has 0 saturated heterocycles. The smallest absolute Gasteiger partial charge is 0.251 e. The van der Waals surface area contributed by atoms with E-state index in [1.165, 1.54) is 19.2 Å². The van der Waals surface area contributed by atoms with Crippen LogP contribution in [0.4, 0.5) is 0 Å². The number of carbonyl (C=O) groups excluding carboxylic acids is 1. The summed E-state index contributed by atoms with van der Waals surface area (Å²) < 4.78 is 15.7. The highest BCUT2D eigenvalue weighted by Crippen LogP contribution is 2.35. The van der Waals surface area contributed by atoms with Crippen LogP contribution in [0.2, 0.25) is 10.0 Å². The zero-order chi connectivity index (χ0) is 17.3. The lowest BCUT2D eigenvalue weighted by Crippen LogP contribution is -2.26. The summed E-state index contributed by atoms with van der Waals surface area (Å²) in [5, 5.41) is 3.47. The van der Waals surface area contributed by atoms with Crippen LogP contribution >= 0.6 is 23.2 Å². The van der Waals surface area contributed by atoms with Gasteiger partial charge in [-0.1, -0.05) is 29.3 Å². The molecular formula is C17H15Cl2NO4. The van der Waals surface area contributed by atoms with Crippen LogP contribution in [-0.2, 0) is 0 Å². The SMILES string of the molecule is COc1c(Cl)cc(C(=O)NC(C)c2ccc3c(c2)OCO3)cc1Cl. The first kappa shape index (κ1) is 16.7. The van der Waals surface area contributed by atoms with Crippen molar-refractivity contribution in [2.24, 2.45) is 0 Å². The highest BCUT2D eigenvalue weighted by atomic mass is 35.5. The first-order valence-electron chi connectivity index (χ1n) is 7.23. The maximum absolute atomic E-state index is 12.4. The summed E-state index contributed by atoms with van der Waals surface area (Å²) >= 11 is 12.2. The Balaban J connectivity index is 1.77. The molecule has 0 bridgehead atoms. The van der Waals surface area contributed by atoms with Crippen molar-refractivity contribution in [2.75, 3.05) is 13.9 Å². The van der Waals surface area contributed by atoms with E-state index in [0.29, 0.717) is 22.8 Å². The minimum atomic E-state index is -0.286. The van der Waals surface area contributed by atoms with Gasteiger partial charge >= 0.3 is 0 Å². The van der Waals surface area contributed by atoms with E-state index in [-0.39, 0.29) is 28.8 Å². The quantitative estimate of drug-likeness (QED) is 0.878. The van der Waals surface area contributed by atoms with Gasteiger partial charge in [0.05, 0.1) is 23.2 Å². The van der Waals surface area contributed by atoms with Gasteiger partial charge in [0.1, 0.15) is 0 Å². The van der Waals surface area contributed by atoms with Gasteiger partial charge in [0.15, 0.2) is 17.2 Å². The molecule has 0 aromatic heterocycles. The third-order valence-corrected chi connectivity index (χ3v) is 4.27. The molecule has 2 aromatic rings. The average Bonchev–Trinajstić information content (AvgIpc) is 3.01. The molecule has 7 heteroatoms. The van der Waals surface area contributed by atoms with Crippen molar-refractivity contribution >= 4 is 29.1 Å². The van der Waals surface area contributed by atoms with Crippen LogP contribution < -0.4 is 19.5 Å². The van der Waals surface area contributed by atoms with Crippen molar-refractivity contribution in [1.82, 2.24) is 5.32 Å². The van der Waals surface area contributed by atoms with Gasteiger partial charge < -0.3 is 19.5 Å². The number of halogens is 2. The number of rotatable bonds is 4. The largest absolute Gasteiger partial charge is 0.494 e. The normalized spacial score (nSPS) is 13.5. The second-order valence-electron chi connectivity index (χ2n) is 5.28. The monoisotopic (exact) mass is 367 g/mol. The highest BCUT2D eigenvalue weighted by molar-refractivity contribution is 6.37. The van der Waals surface area contributed by atoms with Gasteiger partial charge in [0.25, 0.3) is 5.91 Å². The molecule has 3 rings (SSSR count). The molecule has 1 heterocycles. The molecule has 1 aliphatic heterocycles. The number of ether oxygens (including phenoxy) is 3. The fourth-order valence-electron chi connectivity index (χ4n) is 2.43. The molecule has 126 valence electrons. The average molecular weight is 368 g/mol. The van der Waals surface area contributed by atoms with Gasteiger partial charge in [-0.05, 0) is 36.8 Å². The van der Waals surface area contributed by atoms with Crippen molar-refractivity contribution in [3.63, 3.8) is 0 Å². The van der Waals surface area contributed by atoms with Crippen LogP contribution in [0, 0.1) is 0 Å². The van der Waals surface area contributed by atoms with Crippen LogP contribution in [0.25, 0.3) is 0 Å². The highest BCUT2D eigenvalue weighted by Gasteiger charge is 2.19. The van der Waals surface area contributed by atoms with Gasteiger partial charge in [0, 0.05) is 5.56 Å². The molecule has 24 heavy (non-hydrogen) atoms. The number of methoxy groups -OCH3 is 1. The number of hydrogen-bond acceptors (Lipinski definition) is 4. The van der Waals surface area contributed by atoms with Crippen molar-refractivity contribution in [3.05, 3.63) is 51.5 Å². The fraction of sp³-hybridized carbons (Fsp3) is 0.235. The predicted molar refractivity (Wildman–Crippen MR) is 91.5 cm³/mol. The minimum Gasteiger partial charge on any atom is -0.494 e. The summed E-state index contributed by atoms with van der Waals surface area (Å²) in [5.74, 6) is 1.43. The number of carbonyl (C=O) groups is 1. The van der Waals surface area contributed by atoms with Crippen LogP contribution in [0.1, 0.15) is 28.9 Å². The Morgan fingerprint density at radius 3 is 2.50 bits per heavy atom. The molecule has 0 fully saturated rings. The Bertz CT molecular complexity index is 771. The van der Waals surface area contributed by atoms with E-state index >= 15 is 0 Å². The summed E-state index contributed by atoms with van der Waals surface area (Å²) in [7, 11) is 1.47. The first-order valence-corrected chi connectivity index (χ1v) is 7.98. The summed E-state index contributed by atoms with van der Waals surface area (Å²) in [6.07, 6.45) is 0. The molecule has 0 spiro atoms. The van der Waals surface area contributed by atoms with Crippen molar-refractivity contribution in [1.29, 1.82) is 0 Å². The summed E-state index contributed by atoms with van der Waals surface area (Å²) in [6.45, 7) is 2.09. The van der Waals surface area contributed by atoms with E-state index in [2.05, 4.69) is 5.32 Å².